The molecule has 3 aromatic rings. The summed E-state index contributed by atoms with van der Waals surface area (Å²) >= 11 is 0. The van der Waals surface area contributed by atoms with Crippen molar-refractivity contribution >= 4 is 11.0 Å². The molecule has 2 aromatic heterocycles. The second-order valence-electron chi connectivity index (χ2n) is 6.33. The molecule has 5 nitrogen and oxygen atoms in total. The molecule has 26 heavy (non-hydrogen) atoms. The maximum Gasteiger partial charge on any atom is 0.324 e. The molecule has 0 radical (unpaired) electrons. The van der Waals surface area contributed by atoms with E-state index in [0.29, 0.717) is 29.9 Å². The Bertz CT molecular complexity index is 949. The summed E-state index contributed by atoms with van der Waals surface area (Å²) in [4.78, 5) is 8.11. The van der Waals surface area contributed by atoms with E-state index in [2.05, 4.69) is 20.2 Å². The van der Waals surface area contributed by atoms with E-state index in [0.717, 1.165) is 17.8 Å². The number of fused-ring (bicyclic) bond motifs is 1. The zero-order valence-electron chi connectivity index (χ0n) is 13.5. The number of benzene rings is 1. The molecule has 1 aliphatic rings. The summed E-state index contributed by atoms with van der Waals surface area (Å²) in [6, 6.07) is 2.74. The smallest absolute Gasteiger partial charge is 0.324 e. The maximum atomic E-state index is 13.7. The van der Waals surface area contributed by atoms with Crippen molar-refractivity contribution in [3.63, 3.8) is 0 Å². The molecule has 136 valence electrons. The van der Waals surface area contributed by atoms with Crippen molar-refractivity contribution in [2.75, 3.05) is 0 Å². The number of rotatable bonds is 3. The average Bonchev–Trinajstić information content (AvgIpc) is 3.01. The first-order chi connectivity index (χ1) is 12.4. The van der Waals surface area contributed by atoms with Gasteiger partial charge in [0.1, 0.15) is 5.82 Å². The van der Waals surface area contributed by atoms with Gasteiger partial charge in [-0.15, -0.1) is 0 Å². The normalized spacial score (nSPS) is 17.5. The molecule has 1 saturated carbocycles. The van der Waals surface area contributed by atoms with Crippen LogP contribution in [0.4, 0.5) is 17.6 Å². The average molecular weight is 366 g/mol. The molecule has 0 saturated heterocycles. The van der Waals surface area contributed by atoms with Gasteiger partial charge in [0.25, 0.3) is 0 Å². The largest absolute Gasteiger partial charge is 0.421 e. The summed E-state index contributed by atoms with van der Waals surface area (Å²) < 4.78 is 58.5. The third-order valence-corrected chi connectivity index (χ3v) is 4.54. The highest BCUT2D eigenvalue weighted by atomic mass is 19.3. The van der Waals surface area contributed by atoms with Crippen molar-refractivity contribution in [1.29, 1.82) is 0 Å². The van der Waals surface area contributed by atoms with Crippen LogP contribution in [-0.4, -0.2) is 26.1 Å². The number of H-pyrrole nitrogens is 1. The molecule has 9 heteroatoms. The van der Waals surface area contributed by atoms with Gasteiger partial charge in [-0.05, 0) is 25.0 Å². The summed E-state index contributed by atoms with van der Waals surface area (Å²) in [5.74, 6) is -4.48. The lowest BCUT2D eigenvalue weighted by Gasteiger charge is -2.27. The first-order valence-electron chi connectivity index (χ1n) is 8.13. The molecule has 1 fully saturated rings. The predicted octanol–water partition coefficient (Wildman–Crippen LogP) is 4.72. The molecule has 0 atom stereocenters. The minimum Gasteiger partial charge on any atom is -0.421 e. The topological polar surface area (TPSA) is 63.7 Å². The summed E-state index contributed by atoms with van der Waals surface area (Å²) in [6.45, 7) is 0. The molecular formula is C17H14F4N4O. The lowest BCUT2D eigenvalue weighted by molar-refractivity contribution is -0.0384. The van der Waals surface area contributed by atoms with Crippen molar-refractivity contribution in [3.05, 3.63) is 41.7 Å². The second kappa shape index (κ2) is 6.22. The van der Waals surface area contributed by atoms with Crippen LogP contribution in [0.2, 0.25) is 0 Å². The molecule has 0 bridgehead atoms. The van der Waals surface area contributed by atoms with E-state index in [9.17, 15) is 17.6 Å². The Labute approximate surface area is 145 Å². The van der Waals surface area contributed by atoms with Crippen LogP contribution >= 0.6 is 0 Å². The van der Waals surface area contributed by atoms with Crippen LogP contribution in [0.3, 0.4) is 0 Å². The van der Waals surface area contributed by atoms with Gasteiger partial charge in [-0.1, -0.05) is 0 Å². The molecular weight excluding hydrogens is 352 g/mol. The Hall–Kier alpha value is -2.71. The van der Waals surface area contributed by atoms with E-state index in [-0.39, 0.29) is 30.5 Å². The summed E-state index contributed by atoms with van der Waals surface area (Å²) in [6.07, 6.45) is 1.84. The van der Waals surface area contributed by atoms with Gasteiger partial charge in [0.2, 0.25) is 5.92 Å². The Balaban J connectivity index is 1.57. The van der Waals surface area contributed by atoms with Gasteiger partial charge in [-0.3, -0.25) is 5.10 Å². The van der Waals surface area contributed by atoms with Crippen LogP contribution in [0.5, 0.6) is 11.8 Å². The van der Waals surface area contributed by atoms with Crippen LogP contribution in [0.1, 0.15) is 37.3 Å². The number of aromatic nitrogens is 4. The molecule has 2 heterocycles. The standard InChI is InChI=1S/C17H14F4N4O/c18-10-1-2-13(12(19)7-10)26-16-22-8-11-14(24-25-15(11)23-16)9-3-5-17(20,21)6-4-9/h1-2,7-9H,3-6H2,(H,22,23,24,25). The third-order valence-electron chi connectivity index (χ3n) is 4.54. The third kappa shape index (κ3) is 3.21. The number of nitrogens with one attached hydrogen (secondary N) is 1. The van der Waals surface area contributed by atoms with Gasteiger partial charge in [-0.2, -0.15) is 10.1 Å². The number of hydrogen-bond acceptors (Lipinski definition) is 4. The van der Waals surface area contributed by atoms with Gasteiger partial charge < -0.3 is 4.74 Å². The van der Waals surface area contributed by atoms with Gasteiger partial charge in [-0.25, -0.2) is 22.5 Å². The Morgan fingerprint density at radius 2 is 1.92 bits per heavy atom. The fourth-order valence-corrected chi connectivity index (χ4v) is 3.15. The van der Waals surface area contributed by atoms with E-state index in [1.54, 1.807) is 0 Å². The van der Waals surface area contributed by atoms with Crippen LogP contribution in [0.25, 0.3) is 11.0 Å². The van der Waals surface area contributed by atoms with E-state index in [1.165, 1.54) is 6.20 Å². The Morgan fingerprint density at radius 3 is 2.65 bits per heavy atom. The molecule has 4 rings (SSSR count). The van der Waals surface area contributed by atoms with Crippen molar-refractivity contribution in [2.45, 2.75) is 37.5 Å². The van der Waals surface area contributed by atoms with E-state index in [1.807, 2.05) is 0 Å². The highest BCUT2D eigenvalue weighted by molar-refractivity contribution is 5.77. The molecule has 0 spiro atoms. The van der Waals surface area contributed by atoms with Crippen molar-refractivity contribution < 1.29 is 22.3 Å². The van der Waals surface area contributed by atoms with E-state index >= 15 is 0 Å². The summed E-state index contributed by atoms with van der Waals surface area (Å²) in [5.41, 5.74) is 1.01. The molecule has 0 unspecified atom stereocenters. The summed E-state index contributed by atoms with van der Waals surface area (Å²) in [5, 5.41) is 7.53. The minimum atomic E-state index is -2.61. The lowest BCUT2D eigenvalue weighted by Crippen LogP contribution is -2.23. The predicted molar refractivity (Wildman–Crippen MR) is 84.3 cm³/mol. The van der Waals surface area contributed by atoms with Gasteiger partial charge in [0, 0.05) is 36.7 Å². The van der Waals surface area contributed by atoms with Crippen molar-refractivity contribution in [1.82, 2.24) is 20.2 Å². The fraction of sp³-hybridized carbons (Fsp3) is 0.353. The molecule has 0 aliphatic heterocycles. The number of nitrogens with zero attached hydrogens (tertiary/aromatic N) is 3. The lowest BCUT2D eigenvalue weighted by atomic mass is 9.84. The van der Waals surface area contributed by atoms with Crippen LogP contribution in [-0.2, 0) is 0 Å². The fourth-order valence-electron chi connectivity index (χ4n) is 3.15. The van der Waals surface area contributed by atoms with Gasteiger partial charge in [0.05, 0.1) is 5.39 Å². The number of alkyl halides is 2. The Kier molecular flexibility index (Phi) is 4.01. The highest BCUT2D eigenvalue weighted by Gasteiger charge is 2.36. The van der Waals surface area contributed by atoms with Crippen molar-refractivity contribution in [3.8, 4) is 11.8 Å². The molecule has 1 aromatic carbocycles. The number of halogens is 4. The number of hydrogen-bond donors (Lipinski definition) is 1. The van der Waals surface area contributed by atoms with E-state index < -0.39 is 17.6 Å². The SMILES string of the molecule is Fc1ccc(Oc2ncc3c(C4CCC(F)(F)CC4)[nH]nc3n2)c(F)c1. The summed E-state index contributed by atoms with van der Waals surface area (Å²) in [7, 11) is 0. The minimum absolute atomic E-state index is 0.0652. The quantitative estimate of drug-likeness (QED) is 0.682. The van der Waals surface area contributed by atoms with Crippen LogP contribution in [0.15, 0.2) is 24.4 Å². The van der Waals surface area contributed by atoms with Crippen molar-refractivity contribution in [2.24, 2.45) is 0 Å². The molecule has 0 amide bonds. The first kappa shape index (κ1) is 16.7. The zero-order valence-corrected chi connectivity index (χ0v) is 13.5. The Morgan fingerprint density at radius 1 is 1.15 bits per heavy atom. The molecule has 1 aliphatic carbocycles. The van der Waals surface area contributed by atoms with Crippen LogP contribution < -0.4 is 4.74 Å². The number of ether oxygens (including phenoxy) is 1. The molecule has 1 N–H and O–H groups in total. The maximum absolute atomic E-state index is 13.7. The second-order valence-corrected chi connectivity index (χ2v) is 6.33. The number of aromatic amines is 1. The first-order valence-corrected chi connectivity index (χ1v) is 8.13. The monoisotopic (exact) mass is 366 g/mol. The van der Waals surface area contributed by atoms with Gasteiger partial charge in [0.15, 0.2) is 17.2 Å². The van der Waals surface area contributed by atoms with Crippen LogP contribution in [0, 0.1) is 11.6 Å². The zero-order chi connectivity index (χ0) is 18.3. The van der Waals surface area contributed by atoms with E-state index in [4.69, 9.17) is 4.74 Å². The highest BCUT2D eigenvalue weighted by Crippen LogP contribution is 2.41. The van der Waals surface area contributed by atoms with Gasteiger partial charge >= 0.3 is 6.01 Å².